The summed E-state index contributed by atoms with van der Waals surface area (Å²) in [5, 5.41) is 2.86. The molecule has 0 radical (unpaired) electrons. The molecule has 7 heteroatoms. The lowest BCUT2D eigenvalue weighted by atomic mass is 9.89. The Morgan fingerprint density at radius 1 is 1.19 bits per heavy atom. The topological polar surface area (TPSA) is 65.4 Å². The number of ether oxygens (including phenoxy) is 2. The van der Waals surface area contributed by atoms with Crippen molar-refractivity contribution < 1.29 is 18.7 Å². The van der Waals surface area contributed by atoms with Crippen LogP contribution in [0, 0.1) is 5.82 Å². The van der Waals surface area contributed by atoms with Crippen molar-refractivity contribution >= 4 is 11.7 Å². The molecular formula is C20H18FN3O3. The molecule has 138 valence electrons. The highest BCUT2D eigenvalue weighted by Crippen LogP contribution is 2.42. The highest BCUT2D eigenvalue weighted by molar-refractivity contribution is 5.94. The van der Waals surface area contributed by atoms with Crippen LogP contribution in [0.25, 0.3) is 5.69 Å². The van der Waals surface area contributed by atoms with Gasteiger partial charge in [-0.2, -0.15) is 0 Å². The fraction of sp³-hybridized carbons (Fsp3) is 0.200. The summed E-state index contributed by atoms with van der Waals surface area (Å²) < 4.78 is 26.1. The van der Waals surface area contributed by atoms with Gasteiger partial charge in [0.05, 0.1) is 25.6 Å². The van der Waals surface area contributed by atoms with E-state index in [1.807, 2.05) is 12.1 Å². The largest absolute Gasteiger partial charge is 0.497 e. The lowest BCUT2D eigenvalue weighted by Crippen LogP contribution is -2.25. The Balaban J connectivity index is 1.85. The third-order valence-corrected chi connectivity index (χ3v) is 4.67. The molecule has 0 unspecified atom stereocenters. The maximum absolute atomic E-state index is 13.6. The maximum atomic E-state index is 13.6. The second kappa shape index (κ2) is 6.75. The standard InChI is InChI=1S/C20H18FN3O3/c1-26-14-6-7-17(27-2)15(9-14)16-10-18(25)23-20-19(16)22-11-24(20)13-5-3-4-12(21)8-13/h3-9,11,16H,10H2,1-2H3,(H,23,25)/t16-/m0/s1. The summed E-state index contributed by atoms with van der Waals surface area (Å²) in [6.07, 6.45) is 1.82. The third-order valence-electron chi connectivity index (χ3n) is 4.67. The van der Waals surface area contributed by atoms with Gasteiger partial charge in [0.1, 0.15) is 29.5 Å². The molecule has 4 rings (SSSR count). The summed E-state index contributed by atoms with van der Waals surface area (Å²) in [6, 6.07) is 11.6. The minimum absolute atomic E-state index is 0.143. The first-order valence-corrected chi connectivity index (χ1v) is 8.45. The molecule has 1 atom stereocenters. The fourth-order valence-electron chi connectivity index (χ4n) is 3.40. The lowest BCUT2D eigenvalue weighted by Gasteiger charge is -2.25. The molecule has 1 N–H and O–H groups in total. The zero-order valence-electron chi connectivity index (χ0n) is 14.9. The number of anilines is 1. The molecule has 1 aliphatic heterocycles. The molecule has 1 aliphatic rings. The Morgan fingerprint density at radius 2 is 2.04 bits per heavy atom. The average Bonchev–Trinajstić information content (AvgIpc) is 3.10. The van der Waals surface area contributed by atoms with Crippen LogP contribution in [-0.2, 0) is 4.79 Å². The number of hydrogen-bond donors (Lipinski definition) is 1. The van der Waals surface area contributed by atoms with Gasteiger partial charge in [0, 0.05) is 17.9 Å². The predicted octanol–water partition coefficient (Wildman–Crippen LogP) is 3.50. The van der Waals surface area contributed by atoms with Gasteiger partial charge in [0.25, 0.3) is 0 Å². The van der Waals surface area contributed by atoms with Gasteiger partial charge in [-0.25, -0.2) is 9.37 Å². The Kier molecular flexibility index (Phi) is 4.27. The van der Waals surface area contributed by atoms with Crippen molar-refractivity contribution in [1.82, 2.24) is 9.55 Å². The van der Waals surface area contributed by atoms with Gasteiger partial charge in [-0.15, -0.1) is 0 Å². The molecule has 1 aromatic heterocycles. The molecule has 6 nitrogen and oxygen atoms in total. The van der Waals surface area contributed by atoms with Crippen molar-refractivity contribution in [3.8, 4) is 17.2 Å². The fourth-order valence-corrected chi connectivity index (χ4v) is 3.40. The van der Waals surface area contributed by atoms with E-state index in [1.165, 1.54) is 12.1 Å². The first kappa shape index (κ1) is 17.1. The number of aromatic nitrogens is 2. The normalized spacial score (nSPS) is 15.8. The van der Waals surface area contributed by atoms with Gasteiger partial charge in [0.2, 0.25) is 5.91 Å². The molecule has 0 fully saturated rings. The van der Waals surface area contributed by atoms with E-state index in [9.17, 15) is 9.18 Å². The number of nitrogens with one attached hydrogen (secondary N) is 1. The zero-order valence-corrected chi connectivity index (χ0v) is 14.9. The monoisotopic (exact) mass is 367 g/mol. The van der Waals surface area contributed by atoms with Gasteiger partial charge in [-0.1, -0.05) is 6.07 Å². The quantitative estimate of drug-likeness (QED) is 0.766. The number of fused-ring (bicyclic) bond motifs is 1. The van der Waals surface area contributed by atoms with Crippen molar-refractivity contribution in [2.24, 2.45) is 0 Å². The van der Waals surface area contributed by atoms with E-state index in [1.54, 1.807) is 43.3 Å². The van der Waals surface area contributed by atoms with Gasteiger partial charge < -0.3 is 14.8 Å². The summed E-state index contributed by atoms with van der Waals surface area (Å²) in [5.74, 6) is 1.06. The van der Waals surface area contributed by atoms with Crippen LogP contribution in [0.2, 0.25) is 0 Å². The van der Waals surface area contributed by atoms with Crippen LogP contribution in [-0.4, -0.2) is 29.7 Å². The van der Waals surface area contributed by atoms with Gasteiger partial charge in [0.15, 0.2) is 0 Å². The number of rotatable bonds is 4. The number of amides is 1. The summed E-state index contributed by atoms with van der Waals surface area (Å²) in [6.45, 7) is 0. The Morgan fingerprint density at radius 3 is 2.78 bits per heavy atom. The van der Waals surface area contributed by atoms with Crippen LogP contribution in [0.4, 0.5) is 10.2 Å². The SMILES string of the molecule is COc1ccc(OC)c([C@@H]2CC(=O)Nc3c2ncn3-c2cccc(F)c2)c1. The summed E-state index contributed by atoms with van der Waals surface area (Å²) in [4.78, 5) is 16.9. The van der Waals surface area contributed by atoms with Gasteiger partial charge in [-0.3, -0.25) is 9.36 Å². The molecule has 0 aliphatic carbocycles. The van der Waals surface area contributed by atoms with Crippen molar-refractivity contribution in [3.05, 3.63) is 65.9 Å². The average molecular weight is 367 g/mol. The molecule has 2 aromatic carbocycles. The molecule has 27 heavy (non-hydrogen) atoms. The van der Waals surface area contributed by atoms with E-state index in [2.05, 4.69) is 10.3 Å². The second-order valence-electron chi connectivity index (χ2n) is 6.24. The van der Waals surface area contributed by atoms with Gasteiger partial charge in [-0.05, 0) is 36.4 Å². The van der Waals surface area contributed by atoms with E-state index >= 15 is 0 Å². The second-order valence-corrected chi connectivity index (χ2v) is 6.24. The molecule has 0 saturated carbocycles. The predicted molar refractivity (Wildman–Crippen MR) is 98.2 cm³/mol. The molecule has 1 amide bonds. The zero-order chi connectivity index (χ0) is 19.0. The molecule has 2 heterocycles. The van der Waals surface area contributed by atoms with E-state index in [4.69, 9.17) is 9.47 Å². The first-order valence-electron chi connectivity index (χ1n) is 8.45. The number of imidazole rings is 1. The molecular weight excluding hydrogens is 349 g/mol. The highest BCUT2D eigenvalue weighted by Gasteiger charge is 2.33. The first-order chi connectivity index (χ1) is 13.1. The Hall–Kier alpha value is -3.35. The summed E-state index contributed by atoms with van der Waals surface area (Å²) >= 11 is 0. The summed E-state index contributed by atoms with van der Waals surface area (Å²) in [5.41, 5.74) is 2.10. The Labute approximate surface area is 155 Å². The molecule has 3 aromatic rings. The van der Waals surface area contributed by atoms with Crippen LogP contribution in [0.1, 0.15) is 23.6 Å². The van der Waals surface area contributed by atoms with Crippen molar-refractivity contribution in [2.75, 3.05) is 19.5 Å². The number of methoxy groups -OCH3 is 2. The Bertz CT molecular complexity index is 1020. The number of nitrogens with zero attached hydrogens (tertiary/aromatic N) is 2. The number of hydrogen-bond acceptors (Lipinski definition) is 4. The third kappa shape index (κ3) is 3.01. The van der Waals surface area contributed by atoms with Crippen molar-refractivity contribution in [3.63, 3.8) is 0 Å². The number of halogens is 1. The minimum atomic E-state index is -0.358. The van der Waals surface area contributed by atoms with Gasteiger partial charge >= 0.3 is 0 Å². The van der Waals surface area contributed by atoms with Crippen LogP contribution >= 0.6 is 0 Å². The molecule has 0 saturated heterocycles. The highest BCUT2D eigenvalue weighted by atomic mass is 19.1. The maximum Gasteiger partial charge on any atom is 0.226 e. The van der Waals surface area contributed by atoms with Crippen LogP contribution < -0.4 is 14.8 Å². The molecule has 0 bridgehead atoms. The minimum Gasteiger partial charge on any atom is -0.497 e. The van der Waals surface area contributed by atoms with E-state index in [0.29, 0.717) is 28.7 Å². The smallest absolute Gasteiger partial charge is 0.226 e. The van der Waals surface area contributed by atoms with E-state index in [-0.39, 0.29) is 24.1 Å². The molecule has 0 spiro atoms. The summed E-state index contributed by atoms with van der Waals surface area (Å²) in [7, 11) is 3.17. The van der Waals surface area contributed by atoms with Crippen molar-refractivity contribution in [2.45, 2.75) is 12.3 Å². The van der Waals surface area contributed by atoms with Crippen LogP contribution in [0.15, 0.2) is 48.8 Å². The van der Waals surface area contributed by atoms with Crippen LogP contribution in [0.5, 0.6) is 11.5 Å². The van der Waals surface area contributed by atoms with E-state index in [0.717, 1.165) is 5.56 Å². The van der Waals surface area contributed by atoms with Crippen molar-refractivity contribution in [1.29, 1.82) is 0 Å². The lowest BCUT2D eigenvalue weighted by molar-refractivity contribution is -0.116. The number of carbonyl (C=O) groups is 1. The van der Waals surface area contributed by atoms with E-state index < -0.39 is 0 Å². The van der Waals surface area contributed by atoms with Crippen LogP contribution in [0.3, 0.4) is 0 Å². The number of benzene rings is 2. The number of carbonyl (C=O) groups excluding carboxylic acids is 1.